The zero-order chi connectivity index (χ0) is 17.5. The van der Waals surface area contributed by atoms with E-state index in [1.807, 2.05) is 6.92 Å². The van der Waals surface area contributed by atoms with Gasteiger partial charge in [-0.1, -0.05) is 25.1 Å². The minimum atomic E-state index is -4.38. The van der Waals surface area contributed by atoms with Gasteiger partial charge in [-0.15, -0.1) is 0 Å². The minimum absolute atomic E-state index is 0.0398. The van der Waals surface area contributed by atoms with Gasteiger partial charge < -0.3 is 0 Å². The topological polar surface area (TPSA) is 35.5 Å². The van der Waals surface area contributed by atoms with Gasteiger partial charge in [0.1, 0.15) is 17.5 Å². The third-order valence-electron chi connectivity index (χ3n) is 5.01. The molecular formula is C18H19F3O3. The molecule has 0 unspecified atom stereocenters. The molecule has 24 heavy (non-hydrogen) atoms. The molecule has 1 aromatic rings. The van der Waals surface area contributed by atoms with Crippen molar-refractivity contribution < 1.29 is 27.7 Å². The number of halogens is 3. The van der Waals surface area contributed by atoms with Crippen molar-refractivity contribution in [3.8, 4) is 0 Å². The highest BCUT2D eigenvalue weighted by Gasteiger charge is 2.48. The monoisotopic (exact) mass is 340 g/mol. The summed E-state index contributed by atoms with van der Waals surface area (Å²) in [5.41, 5.74) is -1.11. The quantitative estimate of drug-likeness (QED) is 0.748. The molecule has 1 aromatic carbocycles. The Morgan fingerprint density at radius 3 is 2.79 bits per heavy atom. The Labute approximate surface area is 138 Å². The molecule has 1 aliphatic heterocycles. The van der Waals surface area contributed by atoms with Gasteiger partial charge in [0.15, 0.2) is 0 Å². The van der Waals surface area contributed by atoms with E-state index in [0.29, 0.717) is 18.4 Å². The maximum Gasteiger partial charge on any atom is 0.416 e. The second kappa shape index (κ2) is 6.01. The lowest BCUT2D eigenvalue weighted by Crippen LogP contribution is -2.51. The van der Waals surface area contributed by atoms with Gasteiger partial charge in [-0.2, -0.15) is 13.2 Å². The maximum atomic E-state index is 12.8. The van der Waals surface area contributed by atoms with E-state index >= 15 is 0 Å². The van der Waals surface area contributed by atoms with Crippen molar-refractivity contribution in [3.63, 3.8) is 0 Å². The molecule has 0 N–H and O–H groups in total. The minimum Gasteiger partial charge on any atom is -0.299 e. The number of fused-ring (bicyclic) bond motifs is 2. The predicted octanol–water partition coefficient (Wildman–Crippen LogP) is 4.42. The molecule has 130 valence electrons. The molecule has 0 spiro atoms. The molecule has 1 heterocycles. The Kier molecular flexibility index (Phi) is 4.30. The second-order valence-corrected chi connectivity index (χ2v) is 6.75. The van der Waals surface area contributed by atoms with E-state index in [-0.39, 0.29) is 23.7 Å². The number of carbonyl (C=O) groups excluding carboxylic acids is 1. The molecule has 3 nitrogen and oxygen atoms in total. The van der Waals surface area contributed by atoms with Crippen LogP contribution in [0.15, 0.2) is 30.3 Å². The van der Waals surface area contributed by atoms with E-state index in [0.717, 1.165) is 12.1 Å². The Hall–Kier alpha value is -1.66. The van der Waals surface area contributed by atoms with E-state index in [4.69, 9.17) is 9.78 Å². The van der Waals surface area contributed by atoms with E-state index in [1.165, 1.54) is 6.07 Å². The van der Waals surface area contributed by atoms with Crippen LogP contribution in [-0.4, -0.2) is 17.5 Å². The third-order valence-corrected chi connectivity index (χ3v) is 5.01. The largest absolute Gasteiger partial charge is 0.416 e. The first kappa shape index (κ1) is 17.2. The van der Waals surface area contributed by atoms with Crippen molar-refractivity contribution in [2.24, 2.45) is 11.8 Å². The summed E-state index contributed by atoms with van der Waals surface area (Å²) in [5.74, 6) is -0.0847. The lowest BCUT2D eigenvalue weighted by molar-refractivity contribution is -0.415. The molecule has 4 atom stereocenters. The number of hydrogen-bond acceptors (Lipinski definition) is 3. The SMILES string of the molecule is C[C@@H]1C(=O)C[C@H]2C[C@@H]1OO[C@@]2(C)/C=C\c1cccc(C(F)(F)F)c1. The predicted molar refractivity (Wildman–Crippen MR) is 81.7 cm³/mol. The molecule has 1 aliphatic carbocycles. The van der Waals surface area contributed by atoms with Crippen LogP contribution >= 0.6 is 0 Å². The summed E-state index contributed by atoms with van der Waals surface area (Å²) in [7, 11) is 0. The van der Waals surface area contributed by atoms with Gasteiger partial charge in [0.25, 0.3) is 0 Å². The smallest absolute Gasteiger partial charge is 0.299 e. The van der Waals surface area contributed by atoms with Gasteiger partial charge in [0.2, 0.25) is 0 Å². The highest BCUT2D eigenvalue weighted by atomic mass is 19.4. The van der Waals surface area contributed by atoms with Crippen LogP contribution < -0.4 is 0 Å². The van der Waals surface area contributed by atoms with Crippen molar-refractivity contribution in [2.75, 3.05) is 0 Å². The fraction of sp³-hybridized carbons (Fsp3) is 0.500. The standard InChI is InChI=1S/C18H19F3O3/c1-11-15(22)9-14-10-16(11)23-24-17(14,2)7-6-12-4-3-5-13(8-12)18(19,20)21/h3-8,11,14,16H,9-10H2,1-2H3/b7-6-/t11-,14+,16+,17+/m1/s1. The van der Waals surface area contributed by atoms with Crippen LogP contribution in [0.4, 0.5) is 13.2 Å². The van der Waals surface area contributed by atoms with Gasteiger partial charge in [-0.25, -0.2) is 9.78 Å². The molecule has 1 saturated carbocycles. The van der Waals surface area contributed by atoms with Crippen molar-refractivity contribution in [1.82, 2.24) is 0 Å². The van der Waals surface area contributed by atoms with Crippen LogP contribution in [0.5, 0.6) is 0 Å². The second-order valence-electron chi connectivity index (χ2n) is 6.75. The zero-order valence-electron chi connectivity index (χ0n) is 13.5. The van der Waals surface area contributed by atoms with Gasteiger partial charge in [-0.3, -0.25) is 4.79 Å². The zero-order valence-corrected chi connectivity index (χ0v) is 13.5. The van der Waals surface area contributed by atoms with Gasteiger partial charge >= 0.3 is 6.18 Å². The van der Waals surface area contributed by atoms with Crippen LogP contribution in [0.1, 0.15) is 37.8 Å². The first-order valence-electron chi connectivity index (χ1n) is 7.93. The van der Waals surface area contributed by atoms with Crippen LogP contribution in [-0.2, 0) is 20.7 Å². The van der Waals surface area contributed by atoms with Crippen molar-refractivity contribution in [1.29, 1.82) is 0 Å². The maximum absolute atomic E-state index is 12.8. The molecule has 1 saturated heterocycles. The normalized spacial score (nSPS) is 33.9. The molecule has 3 rings (SSSR count). The number of alkyl halides is 3. The third kappa shape index (κ3) is 3.26. The van der Waals surface area contributed by atoms with Crippen LogP contribution in [0.25, 0.3) is 6.08 Å². The van der Waals surface area contributed by atoms with Crippen molar-refractivity contribution in [2.45, 2.75) is 44.6 Å². The summed E-state index contributed by atoms with van der Waals surface area (Å²) in [6.07, 6.45) is -0.252. The average Bonchev–Trinajstić information content (AvgIpc) is 2.53. The molecule has 2 bridgehead atoms. The Bertz CT molecular complexity index is 668. The molecular weight excluding hydrogens is 321 g/mol. The van der Waals surface area contributed by atoms with Crippen molar-refractivity contribution in [3.05, 3.63) is 41.5 Å². The van der Waals surface area contributed by atoms with Crippen LogP contribution in [0.2, 0.25) is 0 Å². The molecule has 0 radical (unpaired) electrons. The number of carbonyl (C=O) groups is 1. The fourth-order valence-corrected chi connectivity index (χ4v) is 3.24. The van der Waals surface area contributed by atoms with Gasteiger partial charge in [-0.05, 0) is 37.1 Å². The first-order chi connectivity index (χ1) is 11.2. The van der Waals surface area contributed by atoms with E-state index in [2.05, 4.69) is 0 Å². The summed E-state index contributed by atoms with van der Waals surface area (Å²) in [6, 6.07) is 5.08. The van der Waals surface area contributed by atoms with Crippen LogP contribution in [0, 0.1) is 11.8 Å². The molecule has 2 fully saturated rings. The Morgan fingerprint density at radius 1 is 1.33 bits per heavy atom. The lowest BCUT2D eigenvalue weighted by atomic mass is 9.71. The first-order valence-corrected chi connectivity index (χ1v) is 7.93. The summed E-state index contributed by atoms with van der Waals surface area (Å²) >= 11 is 0. The number of rotatable bonds is 2. The van der Waals surface area contributed by atoms with Gasteiger partial charge in [0, 0.05) is 18.3 Å². The molecule has 2 aliphatic rings. The highest BCUT2D eigenvalue weighted by Crippen LogP contribution is 2.43. The summed E-state index contributed by atoms with van der Waals surface area (Å²) in [6.45, 7) is 3.62. The number of hydrogen-bond donors (Lipinski definition) is 0. The summed E-state index contributed by atoms with van der Waals surface area (Å²) in [4.78, 5) is 22.9. The fourth-order valence-electron chi connectivity index (χ4n) is 3.24. The van der Waals surface area contributed by atoms with Crippen LogP contribution in [0.3, 0.4) is 0 Å². The summed E-state index contributed by atoms with van der Waals surface area (Å²) < 4.78 is 38.3. The lowest BCUT2D eigenvalue weighted by Gasteiger charge is -2.45. The Morgan fingerprint density at radius 2 is 2.08 bits per heavy atom. The van der Waals surface area contributed by atoms with E-state index in [1.54, 1.807) is 25.1 Å². The van der Waals surface area contributed by atoms with E-state index in [9.17, 15) is 18.0 Å². The molecule has 6 heteroatoms. The Balaban J connectivity index is 1.80. The van der Waals surface area contributed by atoms with E-state index < -0.39 is 17.3 Å². The van der Waals surface area contributed by atoms with Gasteiger partial charge in [0.05, 0.1) is 5.56 Å². The number of ketones is 1. The average molecular weight is 340 g/mol. The highest BCUT2D eigenvalue weighted by molar-refractivity contribution is 5.82. The van der Waals surface area contributed by atoms with Crippen molar-refractivity contribution >= 4 is 11.9 Å². The number of benzene rings is 1. The summed E-state index contributed by atoms with van der Waals surface area (Å²) in [5, 5.41) is 0. The molecule has 0 aromatic heterocycles. The molecule has 0 amide bonds. The number of Topliss-reactive ketones (excluding diaryl/α,β-unsaturated/α-hetero) is 1.